The van der Waals surface area contributed by atoms with E-state index in [1.54, 1.807) is 6.20 Å². The average Bonchev–Trinajstić information content (AvgIpc) is 2.28. The van der Waals surface area contributed by atoms with Crippen molar-refractivity contribution in [1.82, 2.24) is 15.6 Å². The molecule has 94 valence electrons. The van der Waals surface area contributed by atoms with E-state index in [2.05, 4.69) is 31.5 Å². The molecule has 0 saturated carbocycles. The third-order valence-electron chi connectivity index (χ3n) is 2.22. The first-order valence-electron chi connectivity index (χ1n) is 5.67. The van der Waals surface area contributed by atoms with E-state index in [1.807, 2.05) is 26.1 Å². The zero-order valence-electron chi connectivity index (χ0n) is 10.2. The van der Waals surface area contributed by atoms with Gasteiger partial charge in [-0.15, -0.1) is 0 Å². The van der Waals surface area contributed by atoms with Gasteiger partial charge in [-0.3, -0.25) is 9.78 Å². The van der Waals surface area contributed by atoms with Gasteiger partial charge in [0, 0.05) is 42.4 Å². The summed E-state index contributed by atoms with van der Waals surface area (Å²) < 4.78 is 0.977. The smallest absolute Gasteiger partial charge is 0.222 e. The van der Waals surface area contributed by atoms with Crippen molar-refractivity contribution in [2.45, 2.75) is 20.4 Å². The molecule has 0 aliphatic carbocycles. The number of nitrogens with zero attached hydrogens (tertiary/aromatic N) is 1. The Morgan fingerprint density at radius 3 is 2.82 bits per heavy atom. The molecule has 2 N–H and O–H groups in total. The van der Waals surface area contributed by atoms with Gasteiger partial charge >= 0.3 is 0 Å². The van der Waals surface area contributed by atoms with Gasteiger partial charge in [0.05, 0.1) is 0 Å². The van der Waals surface area contributed by atoms with E-state index in [0.29, 0.717) is 6.54 Å². The third kappa shape index (κ3) is 5.79. The number of halogens is 1. The molecule has 4 nitrogen and oxygen atoms in total. The van der Waals surface area contributed by atoms with Crippen molar-refractivity contribution in [3.8, 4) is 0 Å². The van der Waals surface area contributed by atoms with Crippen LogP contribution in [0.4, 0.5) is 0 Å². The summed E-state index contributed by atoms with van der Waals surface area (Å²) in [5.41, 5.74) is 1.12. The Labute approximate surface area is 110 Å². The number of aromatic nitrogens is 1. The van der Waals surface area contributed by atoms with Crippen molar-refractivity contribution in [2.75, 3.05) is 13.1 Å². The molecular formula is C12H18BrN3O. The van der Waals surface area contributed by atoms with Crippen molar-refractivity contribution in [3.05, 3.63) is 28.5 Å². The highest BCUT2D eigenvalue weighted by atomic mass is 79.9. The number of hydrogen-bond acceptors (Lipinski definition) is 3. The lowest BCUT2D eigenvalue weighted by Gasteiger charge is -2.08. The zero-order chi connectivity index (χ0) is 12.7. The molecule has 0 atom stereocenters. The maximum absolute atomic E-state index is 11.3. The second-order valence-electron chi connectivity index (χ2n) is 4.13. The predicted molar refractivity (Wildman–Crippen MR) is 71.5 cm³/mol. The van der Waals surface area contributed by atoms with Crippen molar-refractivity contribution < 1.29 is 4.79 Å². The highest BCUT2D eigenvalue weighted by Gasteiger charge is 2.04. The van der Waals surface area contributed by atoms with E-state index in [1.165, 1.54) is 0 Å². The van der Waals surface area contributed by atoms with Crippen LogP contribution in [0.5, 0.6) is 0 Å². The Bertz CT molecular complexity index is 369. The Morgan fingerprint density at radius 1 is 1.41 bits per heavy atom. The largest absolute Gasteiger partial charge is 0.355 e. The van der Waals surface area contributed by atoms with Crippen molar-refractivity contribution in [3.63, 3.8) is 0 Å². The highest BCUT2D eigenvalue weighted by molar-refractivity contribution is 9.10. The van der Waals surface area contributed by atoms with Gasteiger partial charge in [-0.1, -0.05) is 13.8 Å². The Hall–Kier alpha value is -0.940. The highest BCUT2D eigenvalue weighted by Crippen LogP contribution is 2.08. The number of nitrogens with one attached hydrogen (secondary N) is 2. The molecule has 1 aromatic rings. The monoisotopic (exact) mass is 299 g/mol. The second kappa shape index (κ2) is 7.40. The summed E-state index contributed by atoms with van der Waals surface area (Å²) >= 11 is 3.37. The standard InChI is InChI=1S/C12H18BrN3O/c1-9(2)12(17)16-4-3-14-6-10-5-11(13)8-15-7-10/h5,7-9,14H,3-4,6H2,1-2H3,(H,16,17). The fourth-order valence-electron chi connectivity index (χ4n) is 1.26. The van der Waals surface area contributed by atoms with E-state index in [-0.39, 0.29) is 11.8 Å². The molecule has 1 aromatic heterocycles. The van der Waals surface area contributed by atoms with Crippen LogP contribution < -0.4 is 10.6 Å². The number of carbonyl (C=O) groups is 1. The van der Waals surface area contributed by atoms with E-state index in [4.69, 9.17) is 0 Å². The van der Waals surface area contributed by atoms with E-state index >= 15 is 0 Å². The van der Waals surface area contributed by atoms with E-state index in [0.717, 1.165) is 23.1 Å². The van der Waals surface area contributed by atoms with Gasteiger partial charge in [0.25, 0.3) is 0 Å². The lowest BCUT2D eigenvalue weighted by Crippen LogP contribution is -2.34. The molecule has 0 fully saturated rings. The summed E-state index contributed by atoms with van der Waals surface area (Å²) in [5.74, 6) is 0.139. The summed E-state index contributed by atoms with van der Waals surface area (Å²) in [6.45, 7) is 5.93. The molecular weight excluding hydrogens is 282 g/mol. The number of hydrogen-bond donors (Lipinski definition) is 2. The van der Waals surface area contributed by atoms with Crippen LogP contribution in [0.25, 0.3) is 0 Å². The molecule has 0 bridgehead atoms. The summed E-state index contributed by atoms with van der Waals surface area (Å²) in [4.78, 5) is 15.3. The molecule has 0 aliphatic rings. The summed E-state index contributed by atoms with van der Waals surface area (Å²) in [6.07, 6.45) is 3.58. The van der Waals surface area contributed by atoms with Crippen LogP contribution in [0, 0.1) is 5.92 Å². The zero-order valence-corrected chi connectivity index (χ0v) is 11.8. The van der Waals surface area contributed by atoms with Crippen molar-refractivity contribution in [2.24, 2.45) is 5.92 Å². The number of carbonyl (C=O) groups excluding carboxylic acids is 1. The van der Waals surface area contributed by atoms with Gasteiger partial charge in [-0.25, -0.2) is 0 Å². The van der Waals surface area contributed by atoms with Crippen LogP contribution in [0.2, 0.25) is 0 Å². The minimum Gasteiger partial charge on any atom is -0.355 e. The quantitative estimate of drug-likeness (QED) is 0.786. The Morgan fingerprint density at radius 2 is 2.18 bits per heavy atom. The lowest BCUT2D eigenvalue weighted by atomic mass is 10.2. The minimum atomic E-state index is 0.0456. The SMILES string of the molecule is CC(C)C(=O)NCCNCc1cncc(Br)c1. The molecule has 0 unspecified atom stereocenters. The summed E-state index contributed by atoms with van der Waals surface area (Å²) in [5, 5.41) is 6.10. The van der Waals surface area contributed by atoms with E-state index in [9.17, 15) is 4.79 Å². The second-order valence-corrected chi connectivity index (χ2v) is 5.05. The summed E-state index contributed by atoms with van der Waals surface area (Å²) in [6, 6.07) is 2.02. The van der Waals surface area contributed by atoms with Gasteiger partial charge in [0.15, 0.2) is 0 Å². The van der Waals surface area contributed by atoms with E-state index < -0.39 is 0 Å². The first-order valence-corrected chi connectivity index (χ1v) is 6.46. The van der Waals surface area contributed by atoms with Gasteiger partial charge in [0.1, 0.15) is 0 Å². The van der Waals surface area contributed by atoms with Gasteiger partial charge in [-0.05, 0) is 27.6 Å². The predicted octanol–water partition coefficient (Wildman–Crippen LogP) is 1.71. The maximum atomic E-state index is 11.3. The van der Waals surface area contributed by atoms with Gasteiger partial charge in [0.2, 0.25) is 5.91 Å². The maximum Gasteiger partial charge on any atom is 0.222 e. The third-order valence-corrected chi connectivity index (χ3v) is 2.65. The molecule has 0 aromatic carbocycles. The van der Waals surface area contributed by atoms with Gasteiger partial charge < -0.3 is 10.6 Å². The number of rotatable bonds is 6. The first kappa shape index (κ1) is 14.1. The van der Waals surface area contributed by atoms with Crippen LogP contribution in [-0.4, -0.2) is 24.0 Å². The molecule has 0 saturated heterocycles. The fourth-order valence-corrected chi connectivity index (χ4v) is 1.68. The van der Waals surface area contributed by atoms with Crippen molar-refractivity contribution in [1.29, 1.82) is 0 Å². The molecule has 1 rings (SSSR count). The van der Waals surface area contributed by atoms with Crippen LogP contribution in [0.3, 0.4) is 0 Å². The lowest BCUT2D eigenvalue weighted by molar-refractivity contribution is -0.123. The Balaban J connectivity index is 2.14. The molecule has 1 amide bonds. The molecule has 0 radical (unpaired) electrons. The van der Waals surface area contributed by atoms with Crippen molar-refractivity contribution >= 4 is 21.8 Å². The average molecular weight is 300 g/mol. The summed E-state index contributed by atoms with van der Waals surface area (Å²) in [7, 11) is 0. The van der Waals surface area contributed by atoms with Crippen LogP contribution in [0.15, 0.2) is 22.9 Å². The minimum absolute atomic E-state index is 0.0456. The topological polar surface area (TPSA) is 54.0 Å². The Kier molecular flexibility index (Phi) is 6.15. The van der Waals surface area contributed by atoms with Crippen LogP contribution >= 0.6 is 15.9 Å². The van der Waals surface area contributed by atoms with Crippen LogP contribution in [-0.2, 0) is 11.3 Å². The molecule has 5 heteroatoms. The first-order chi connectivity index (χ1) is 8.09. The molecule has 0 aliphatic heterocycles. The number of amides is 1. The normalized spacial score (nSPS) is 10.6. The molecule has 17 heavy (non-hydrogen) atoms. The molecule has 1 heterocycles. The van der Waals surface area contributed by atoms with Gasteiger partial charge in [-0.2, -0.15) is 0 Å². The fraction of sp³-hybridized carbons (Fsp3) is 0.500. The molecule has 0 spiro atoms. The number of pyridine rings is 1. The van der Waals surface area contributed by atoms with Crippen LogP contribution in [0.1, 0.15) is 19.4 Å².